The molecule has 2 N–H and O–H groups in total. The van der Waals surface area contributed by atoms with E-state index in [1.807, 2.05) is 6.07 Å². The predicted molar refractivity (Wildman–Crippen MR) is 77.2 cm³/mol. The van der Waals surface area contributed by atoms with Crippen molar-refractivity contribution in [2.75, 3.05) is 13.7 Å². The molecule has 18 heavy (non-hydrogen) atoms. The molecule has 0 fully saturated rings. The molecular weight excluding hydrogens is 248 g/mol. The van der Waals surface area contributed by atoms with Crippen LogP contribution < -0.4 is 11.3 Å². The van der Waals surface area contributed by atoms with Crippen molar-refractivity contribution in [2.45, 2.75) is 32.7 Å². The number of hydrogen-bond donors (Lipinski definition) is 1. The number of hydrogen-bond acceptors (Lipinski definition) is 3. The molecule has 1 rings (SSSR count). The number of aromatic nitrogens is 1. The molecule has 5 heteroatoms. The SMILES string of the molecule is COCCCn1c(C(C)C)ccc(C(N)=S)c1=O. The van der Waals surface area contributed by atoms with E-state index in [0.29, 0.717) is 18.7 Å². The third-order valence-electron chi connectivity index (χ3n) is 2.80. The van der Waals surface area contributed by atoms with Crippen LogP contribution in [0.3, 0.4) is 0 Å². The molecule has 0 aromatic carbocycles. The maximum Gasteiger partial charge on any atom is 0.261 e. The summed E-state index contributed by atoms with van der Waals surface area (Å²) in [6.07, 6.45) is 0.789. The number of thiocarbonyl (C=S) groups is 1. The van der Waals surface area contributed by atoms with Crippen LogP contribution in [0.5, 0.6) is 0 Å². The van der Waals surface area contributed by atoms with Gasteiger partial charge in [-0.1, -0.05) is 26.1 Å². The lowest BCUT2D eigenvalue weighted by Gasteiger charge is -2.16. The number of nitrogens with zero attached hydrogens (tertiary/aromatic N) is 1. The van der Waals surface area contributed by atoms with Crippen LogP contribution in [0.1, 0.15) is 37.4 Å². The summed E-state index contributed by atoms with van der Waals surface area (Å²) in [5, 5.41) is 0. The lowest BCUT2D eigenvalue weighted by molar-refractivity contribution is 0.189. The van der Waals surface area contributed by atoms with Crippen LogP contribution in [0.2, 0.25) is 0 Å². The molecule has 0 aliphatic carbocycles. The summed E-state index contributed by atoms with van der Waals surface area (Å²) < 4.78 is 6.76. The zero-order chi connectivity index (χ0) is 13.7. The van der Waals surface area contributed by atoms with Gasteiger partial charge in [0.15, 0.2) is 0 Å². The summed E-state index contributed by atoms with van der Waals surface area (Å²) in [5.41, 5.74) is 6.86. The fraction of sp³-hybridized carbons (Fsp3) is 0.538. The number of pyridine rings is 1. The summed E-state index contributed by atoms with van der Waals surface area (Å²) in [7, 11) is 1.65. The summed E-state index contributed by atoms with van der Waals surface area (Å²) >= 11 is 4.89. The molecule has 1 heterocycles. The lowest BCUT2D eigenvalue weighted by atomic mass is 10.1. The van der Waals surface area contributed by atoms with Gasteiger partial charge in [-0.25, -0.2) is 0 Å². The Morgan fingerprint density at radius 2 is 2.17 bits per heavy atom. The van der Waals surface area contributed by atoms with Crippen molar-refractivity contribution in [2.24, 2.45) is 5.73 Å². The van der Waals surface area contributed by atoms with Crippen molar-refractivity contribution in [3.63, 3.8) is 0 Å². The molecule has 4 nitrogen and oxygen atoms in total. The normalized spacial score (nSPS) is 10.9. The highest BCUT2D eigenvalue weighted by Crippen LogP contribution is 2.13. The number of rotatable bonds is 6. The Labute approximate surface area is 113 Å². The van der Waals surface area contributed by atoms with Gasteiger partial charge in [0.25, 0.3) is 5.56 Å². The Balaban J connectivity index is 3.19. The van der Waals surface area contributed by atoms with Crippen molar-refractivity contribution in [3.05, 3.63) is 33.7 Å². The van der Waals surface area contributed by atoms with Crippen LogP contribution in [-0.2, 0) is 11.3 Å². The highest BCUT2D eigenvalue weighted by Gasteiger charge is 2.12. The minimum absolute atomic E-state index is 0.107. The van der Waals surface area contributed by atoms with Crippen LogP contribution in [0.4, 0.5) is 0 Å². The Hall–Kier alpha value is -1.20. The molecule has 0 aliphatic rings. The minimum atomic E-state index is -0.107. The molecule has 0 amide bonds. The highest BCUT2D eigenvalue weighted by atomic mass is 32.1. The van der Waals surface area contributed by atoms with Crippen LogP contribution in [-0.4, -0.2) is 23.3 Å². The van der Waals surface area contributed by atoms with E-state index in [-0.39, 0.29) is 16.5 Å². The van der Waals surface area contributed by atoms with Gasteiger partial charge in [-0.2, -0.15) is 0 Å². The van der Waals surface area contributed by atoms with Crippen molar-refractivity contribution in [1.29, 1.82) is 0 Å². The van der Waals surface area contributed by atoms with E-state index in [4.69, 9.17) is 22.7 Å². The average Bonchev–Trinajstić information content (AvgIpc) is 2.30. The summed E-state index contributed by atoms with van der Waals surface area (Å²) in [6, 6.07) is 3.64. The van der Waals surface area contributed by atoms with Gasteiger partial charge in [-0.05, 0) is 24.5 Å². The molecule has 0 bridgehead atoms. The molecule has 1 aromatic heterocycles. The van der Waals surface area contributed by atoms with Gasteiger partial charge < -0.3 is 15.0 Å². The van der Waals surface area contributed by atoms with Crippen LogP contribution >= 0.6 is 12.2 Å². The smallest absolute Gasteiger partial charge is 0.261 e. The Bertz CT molecular complexity index is 480. The molecule has 100 valence electrons. The second-order valence-electron chi connectivity index (χ2n) is 4.49. The van der Waals surface area contributed by atoms with Gasteiger partial charge in [-0.3, -0.25) is 4.79 Å². The molecule has 0 saturated heterocycles. The van der Waals surface area contributed by atoms with Crippen molar-refractivity contribution >= 4 is 17.2 Å². The molecule has 0 radical (unpaired) electrons. The molecular formula is C13H20N2O2S. The standard InChI is InChI=1S/C13H20N2O2S/c1-9(2)11-6-5-10(12(14)18)13(16)15(11)7-4-8-17-3/h5-6,9H,4,7-8H2,1-3H3,(H2,14,18). The fourth-order valence-corrected chi connectivity index (χ4v) is 2.04. The second kappa shape index (κ2) is 6.66. The molecule has 1 aromatic rings. The van der Waals surface area contributed by atoms with E-state index in [0.717, 1.165) is 12.1 Å². The van der Waals surface area contributed by atoms with Crippen molar-refractivity contribution in [3.8, 4) is 0 Å². The lowest BCUT2D eigenvalue weighted by Crippen LogP contribution is -2.31. The molecule has 0 spiro atoms. The van der Waals surface area contributed by atoms with Gasteiger partial charge in [-0.15, -0.1) is 0 Å². The van der Waals surface area contributed by atoms with Gasteiger partial charge in [0.05, 0.1) is 5.56 Å². The highest BCUT2D eigenvalue weighted by molar-refractivity contribution is 7.80. The first-order valence-electron chi connectivity index (χ1n) is 6.01. The maximum atomic E-state index is 12.3. The van der Waals surface area contributed by atoms with Crippen molar-refractivity contribution < 1.29 is 4.74 Å². The summed E-state index contributed by atoms with van der Waals surface area (Å²) in [6.45, 7) is 5.36. The first-order valence-corrected chi connectivity index (χ1v) is 6.42. The third kappa shape index (κ3) is 3.40. The van der Waals surface area contributed by atoms with Crippen LogP contribution in [0, 0.1) is 0 Å². The predicted octanol–water partition coefficient (Wildman–Crippen LogP) is 1.64. The molecule has 0 unspecified atom stereocenters. The third-order valence-corrected chi connectivity index (χ3v) is 3.02. The van der Waals surface area contributed by atoms with Crippen molar-refractivity contribution in [1.82, 2.24) is 4.57 Å². The van der Waals surface area contributed by atoms with Gasteiger partial charge in [0.1, 0.15) is 4.99 Å². The van der Waals surface area contributed by atoms with E-state index in [1.54, 1.807) is 17.7 Å². The topological polar surface area (TPSA) is 57.2 Å². The number of ether oxygens (including phenoxy) is 1. The molecule has 0 saturated carbocycles. The maximum absolute atomic E-state index is 12.3. The summed E-state index contributed by atoms with van der Waals surface area (Å²) in [5.74, 6) is 0.278. The van der Waals surface area contributed by atoms with Crippen LogP contribution in [0.25, 0.3) is 0 Å². The second-order valence-corrected chi connectivity index (χ2v) is 4.93. The van der Waals surface area contributed by atoms with E-state index >= 15 is 0 Å². The molecule has 0 aliphatic heterocycles. The zero-order valence-electron chi connectivity index (χ0n) is 11.1. The van der Waals surface area contributed by atoms with E-state index < -0.39 is 0 Å². The van der Waals surface area contributed by atoms with Gasteiger partial charge >= 0.3 is 0 Å². The summed E-state index contributed by atoms with van der Waals surface area (Å²) in [4.78, 5) is 12.4. The first-order chi connectivity index (χ1) is 8.49. The van der Waals surface area contributed by atoms with Gasteiger partial charge in [0, 0.05) is 26.0 Å². The Morgan fingerprint density at radius 3 is 2.67 bits per heavy atom. The van der Waals surface area contributed by atoms with E-state index in [1.165, 1.54) is 0 Å². The fourth-order valence-electron chi connectivity index (χ4n) is 1.88. The zero-order valence-corrected chi connectivity index (χ0v) is 11.9. The monoisotopic (exact) mass is 268 g/mol. The first kappa shape index (κ1) is 14.9. The average molecular weight is 268 g/mol. The Kier molecular flexibility index (Phi) is 5.50. The minimum Gasteiger partial charge on any atom is -0.389 e. The van der Waals surface area contributed by atoms with Gasteiger partial charge in [0.2, 0.25) is 0 Å². The quantitative estimate of drug-likeness (QED) is 0.629. The number of nitrogens with two attached hydrogens (primary N) is 1. The number of methoxy groups -OCH3 is 1. The van der Waals surface area contributed by atoms with Crippen LogP contribution in [0.15, 0.2) is 16.9 Å². The Morgan fingerprint density at radius 1 is 1.50 bits per heavy atom. The van der Waals surface area contributed by atoms with E-state index in [2.05, 4.69) is 13.8 Å². The molecule has 0 atom stereocenters. The van der Waals surface area contributed by atoms with E-state index in [9.17, 15) is 4.79 Å². The largest absolute Gasteiger partial charge is 0.389 e.